The average Bonchev–Trinajstić information content (AvgIpc) is 2.01. The van der Waals surface area contributed by atoms with Crippen LogP contribution in [0.5, 0.6) is 0 Å². The summed E-state index contributed by atoms with van der Waals surface area (Å²) in [6.45, 7) is 0. The summed E-state index contributed by atoms with van der Waals surface area (Å²) in [6.07, 6.45) is -9.04. The molecule has 0 aromatic carbocycles. The maximum Gasteiger partial charge on any atom is 0.403 e. The first-order chi connectivity index (χ1) is 6.21. The highest BCUT2D eigenvalue weighted by Gasteiger charge is 2.49. The van der Waals surface area contributed by atoms with E-state index in [1.165, 1.54) is 0 Å². The third kappa shape index (κ3) is 2.76. The largest absolute Gasteiger partial charge is 0.403 e. The summed E-state index contributed by atoms with van der Waals surface area (Å²) in [5.41, 5.74) is 0. The van der Waals surface area contributed by atoms with Crippen LogP contribution < -0.4 is 5.32 Å². The van der Waals surface area contributed by atoms with Gasteiger partial charge in [0.2, 0.25) is 0 Å². The van der Waals surface area contributed by atoms with Crippen molar-refractivity contribution in [3.05, 3.63) is 6.42 Å². The monoisotopic (exact) mass is 220 g/mol. The number of nitrogens with one attached hydrogen (secondary N) is 1. The predicted octanol–water partition coefficient (Wildman–Crippen LogP) is 2.44. The quantitative estimate of drug-likeness (QED) is 0.618. The fourth-order valence-electron chi connectivity index (χ4n) is 1.26. The van der Waals surface area contributed by atoms with E-state index in [2.05, 4.69) is 0 Å². The fraction of sp³-hybridized carbons (Fsp3) is 0.857. The SMILES string of the molecule is FC(F)(F)C1C[CH]CC(C(F)(F)F)N1. The minimum Gasteiger partial charge on any atom is -0.295 e. The normalized spacial score (nSPS) is 30.4. The number of hydrogen-bond donors (Lipinski definition) is 1. The van der Waals surface area contributed by atoms with Crippen LogP contribution in [0.25, 0.3) is 0 Å². The molecule has 7 heteroatoms. The molecule has 1 fully saturated rings. The third-order valence-electron chi connectivity index (χ3n) is 2.00. The number of alkyl halides is 6. The van der Waals surface area contributed by atoms with Crippen LogP contribution in [0.2, 0.25) is 0 Å². The third-order valence-corrected chi connectivity index (χ3v) is 2.00. The molecular weight excluding hydrogens is 212 g/mol. The van der Waals surface area contributed by atoms with E-state index in [0.717, 1.165) is 6.42 Å². The van der Waals surface area contributed by atoms with Gasteiger partial charge in [0.1, 0.15) is 12.1 Å². The molecule has 1 aliphatic rings. The molecule has 0 bridgehead atoms. The number of piperidine rings is 1. The molecule has 1 rings (SSSR count). The van der Waals surface area contributed by atoms with Crippen LogP contribution in [-0.4, -0.2) is 24.4 Å². The van der Waals surface area contributed by atoms with Crippen molar-refractivity contribution in [1.29, 1.82) is 0 Å². The van der Waals surface area contributed by atoms with E-state index in [0.29, 0.717) is 0 Å². The highest BCUT2D eigenvalue weighted by atomic mass is 19.4. The molecule has 1 nitrogen and oxygen atoms in total. The first-order valence-electron chi connectivity index (χ1n) is 3.92. The van der Waals surface area contributed by atoms with Crippen molar-refractivity contribution in [2.24, 2.45) is 0 Å². The van der Waals surface area contributed by atoms with Gasteiger partial charge in [0, 0.05) is 0 Å². The second-order valence-corrected chi connectivity index (χ2v) is 3.12. The van der Waals surface area contributed by atoms with E-state index in [-0.39, 0.29) is 0 Å². The minimum atomic E-state index is -4.62. The zero-order valence-electron chi connectivity index (χ0n) is 6.91. The summed E-state index contributed by atoms with van der Waals surface area (Å²) in [4.78, 5) is 0. The lowest BCUT2D eigenvalue weighted by Crippen LogP contribution is -2.55. The van der Waals surface area contributed by atoms with Crippen LogP contribution >= 0.6 is 0 Å². The van der Waals surface area contributed by atoms with Gasteiger partial charge in [0.15, 0.2) is 0 Å². The Labute approximate surface area is 76.5 Å². The molecule has 1 radical (unpaired) electrons. The topological polar surface area (TPSA) is 12.0 Å². The van der Waals surface area contributed by atoms with Gasteiger partial charge >= 0.3 is 12.4 Å². The van der Waals surface area contributed by atoms with Gasteiger partial charge in [0.05, 0.1) is 0 Å². The number of hydrogen-bond acceptors (Lipinski definition) is 1. The van der Waals surface area contributed by atoms with Crippen molar-refractivity contribution in [2.75, 3.05) is 0 Å². The molecule has 0 aliphatic carbocycles. The zero-order valence-corrected chi connectivity index (χ0v) is 6.91. The Bertz CT molecular complexity index is 175. The van der Waals surface area contributed by atoms with E-state index >= 15 is 0 Å². The molecule has 0 amide bonds. The van der Waals surface area contributed by atoms with Crippen LogP contribution in [0.15, 0.2) is 0 Å². The van der Waals surface area contributed by atoms with E-state index in [1.54, 1.807) is 5.32 Å². The van der Waals surface area contributed by atoms with Crippen molar-refractivity contribution in [1.82, 2.24) is 5.32 Å². The molecule has 1 heterocycles. The summed E-state index contributed by atoms with van der Waals surface area (Å²) in [7, 11) is 0. The van der Waals surface area contributed by atoms with Gasteiger partial charge < -0.3 is 0 Å². The van der Waals surface area contributed by atoms with Gasteiger partial charge in [-0.15, -0.1) is 0 Å². The van der Waals surface area contributed by atoms with Gasteiger partial charge in [-0.1, -0.05) is 0 Å². The lowest BCUT2D eigenvalue weighted by Gasteiger charge is -2.33. The van der Waals surface area contributed by atoms with Crippen LogP contribution in [-0.2, 0) is 0 Å². The van der Waals surface area contributed by atoms with E-state index in [9.17, 15) is 26.3 Å². The average molecular weight is 220 g/mol. The molecule has 83 valence electrons. The summed E-state index contributed by atoms with van der Waals surface area (Å²) in [5.74, 6) is 0. The minimum absolute atomic E-state index is 0.407. The molecule has 1 N–H and O–H groups in total. The number of halogens is 6. The first kappa shape index (κ1) is 11.6. The molecule has 0 saturated carbocycles. The van der Waals surface area contributed by atoms with Crippen LogP contribution in [0.3, 0.4) is 0 Å². The Morgan fingerprint density at radius 2 is 1.21 bits per heavy atom. The maximum atomic E-state index is 12.1. The predicted molar refractivity (Wildman–Crippen MR) is 36.4 cm³/mol. The highest BCUT2D eigenvalue weighted by Crippen LogP contribution is 2.32. The molecular formula is C7H8F6N. The van der Waals surface area contributed by atoms with Crippen LogP contribution in [0.4, 0.5) is 26.3 Å². The molecule has 2 atom stereocenters. The van der Waals surface area contributed by atoms with Crippen molar-refractivity contribution in [2.45, 2.75) is 37.3 Å². The molecule has 1 saturated heterocycles. The Morgan fingerprint density at radius 1 is 0.857 bits per heavy atom. The Hall–Kier alpha value is -0.460. The Kier molecular flexibility index (Phi) is 2.99. The lowest BCUT2D eigenvalue weighted by atomic mass is 9.98. The maximum absolute atomic E-state index is 12.1. The van der Waals surface area contributed by atoms with Gasteiger partial charge in [-0.25, -0.2) is 0 Å². The van der Waals surface area contributed by atoms with E-state index < -0.39 is 37.3 Å². The Balaban J connectivity index is 2.61. The smallest absolute Gasteiger partial charge is 0.295 e. The van der Waals surface area contributed by atoms with Gasteiger partial charge in [0.25, 0.3) is 0 Å². The summed E-state index contributed by atoms with van der Waals surface area (Å²) >= 11 is 0. The summed E-state index contributed by atoms with van der Waals surface area (Å²) in [5, 5.41) is 1.55. The second kappa shape index (κ2) is 3.60. The Morgan fingerprint density at radius 3 is 1.50 bits per heavy atom. The molecule has 14 heavy (non-hydrogen) atoms. The van der Waals surface area contributed by atoms with Crippen LogP contribution in [0.1, 0.15) is 12.8 Å². The second-order valence-electron chi connectivity index (χ2n) is 3.12. The van der Waals surface area contributed by atoms with Crippen LogP contribution in [0, 0.1) is 6.42 Å². The van der Waals surface area contributed by atoms with Crippen molar-refractivity contribution in [3.63, 3.8) is 0 Å². The van der Waals surface area contributed by atoms with Crippen molar-refractivity contribution in [3.8, 4) is 0 Å². The molecule has 0 aromatic heterocycles. The number of rotatable bonds is 0. The van der Waals surface area contributed by atoms with E-state index in [4.69, 9.17) is 0 Å². The zero-order chi connectivity index (χ0) is 11.0. The van der Waals surface area contributed by atoms with Gasteiger partial charge in [-0.05, 0) is 19.3 Å². The molecule has 1 aliphatic heterocycles. The van der Waals surface area contributed by atoms with Crippen molar-refractivity contribution >= 4 is 0 Å². The fourth-order valence-corrected chi connectivity index (χ4v) is 1.26. The first-order valence-corrected chi connectivity index (χ1v) is 3.92. The van der Waals surface area contributed by atoms with Crippen molar-refractivity contribution < 1.29 is 26.3 Å². The standard InChI is InChI=1S/C7H8F6N/c8-6(9,10)4-2-1-3-5(14-4)7(11,12)13/h1,4-5,14H,2-3H2. The molecule has 0 aromatic rings. The summed E-state index contributed by atoms with van der Waals surface area (Å²) in [6, 6.07) is -4.16. The molecule has 2 unspecified atom stereocenters. The summed E-state index contributed by atoms with van der Waals surface area (Å²) < 4.78 is 72.3. The highest BCUT2D eigenvalue weighted by molar-refractivity contribution is 4.95. The van der Waals surface area contributed by atoms with Gasteiger partial charge in [-0.3, -0.25) is 5.32 Å². The van der Waals surface area contributed by atoms with Gasteiger partial charge in [-0.2, -0.15) is 26.3 Å². The van der Waals surface area contributed by atoms with E-state index in [1.807, 2.05) is 0 Å². The molecule has 0 spiro atoms. The lowest BCUT2D eigenvalue weighted by molar-refractivity contribution is -0.192.